The van der Waals surface area contributed by atoms with Crippen molar-refractivity contribution in [3.63, 3.8) is 0 Å². The van der Waals surface area contributed by atoms with Gasteiger partial charge in [-0.1, -0.05) is 18.2 Å². The minimum absolute atomic E-state index is 0.0944. The number of piperidine rings is 1. The Morgan fingerprint density at radius 3 is 2.26 bits per heavy atom. The molecule has 2 aromatic carbocycles. The van der Waals surface area contributed by atoms with Gasteiger partial charge in [0.25, 0.3) is 11.8 Å². The molecule has 8 nitrogen and oxygen atoms in total. The van der Waals surface area contributed by atoms with E-state index in [1.165, 1.54) is 38.5 Å². The lowest BCUT2D eigenvalue weighted by atomic mass is 10.0. The molecule has 0 aromatic heterocycles. The maximum Gasteiger partial charge on any atom is 0.416 e. The molecule has 1 aliphatic heterocycles. The van der Waals surface area contributed by atoms with Crippen LogP contribution in [0.1, 0.15) is 34.3 Å². The number of nitrogens with zero attached hydrogens (tertiary/aromatic N) is 1. The average molecular weight is 495 g/mol. The summed E-state index contributed by atoms with van der Waals surface area (Å²) in [7, 11) is 2.79. The summed E-state index contributed by atoms with van der Waals surface area (Å²) in [4.78, 5) is 26.0. The van der Waals surface area contributed by atoms with E-state index in [-0.39, 0.29) is 41.4 Å². The molecular weight excluding hydrogens is 467 g/mol. The van der Waals surface area contributed by atoms with E-state index in [0.717, 1.165) is 6.07 Å². The summed E-state index contributed by atoms with van der Waals surface area (Å²) in [5.74, 6) is -0.415. The molecule has 0 atom stereocenters. The molecule has 0 spiro atoms. The summed E-state index contributed by atoms with van der Waals surface area (Å²) in [5.41, 5.74) is 5.35. The van der Waals surface area contributed by atoms with E-state index in [0.29, 0.717) is 38.0 Å². The van der Waals surface area contributed by atoms with Gasteiger partial charge < -0.3 is 25.3 Å². The molecule has 190 valence electrons. The fourth-order valence-corrected chi connectivity index (χ4v) is 3.90. The van der Waals surface area contributed by atoms with Gasteiger partial charge in [0.15, 0.2) is 18.1 Å². The van der Waals surface area contributed by atoms with Crippen molar-refractivity contribution in [1.82, 2.24) is 10.2 Å². The molecule has 11 heteroatoms. The van der Waals surface area contributed by atoms with Crippen molar-refractivity contribution >= 4 is 11.8 Å². The zero-order valence-electron chi connectivity index (χ0n) is 19.5. The van der Waals surface area contributed by atoms with E-state index in [1.807, 2.05) is 0 Å². The highest BCUT2D eigenvalue weighted by Gasteiger charge is 2.30. The highest BCUT2D eigenvalue weighted by Crippen LogP contribution is 2.38. The minimum atomic E-state index is -4.37. The largest absolute Gasteiger partial charge is 0.493 e. The summed E-state index contributed by atoms with van der Waals surface area (Å²) in [5, 5.41) is 2.98. The number of hydrogen-bond acceptors (Lipinski definition) is 6. The number of carbonyl (C=O) groups is 2. The lowest BCUT2D eigenvalue weighted by Crippen LogP contribution is -2.44. The van der Waals surface area contributed by atoms with Gasteiger partial charge in [0.05, 0.1) is 19.8 Å². The summed E-state index contributed by atoms with van der Waals surface area (Å²) in [6.45, 7) is 1.30. The summed E-state index contributed by atoms with van der Waals surface area (Å²) < 4.78 is 54.8. The lowest BCUT2D eigenvalue weighted by molar-refractivity contribution is -0.137. The second-order valence-corrected chi connectivity index (χ2v) is 8.19. The predicted molar refractivity (Wildman–Crippen MR) is 121 cm³/mol. The number of benzene rings is 2. The molecule has 0 radical (unpaired) electrons. The zero-order valence-corrected chi connectivity index (χ0v) is 19.5. The number of carbonyl (C=O) groups excluding carboxylic acids is 2. The van der Waals surface area contributed by atoms with Crippen LogP contribution >= 0.6 is 0 Å². The molecule has 0 saturated carbocycles. The fraction of sp³-hybridized carbons (Fsp3) is 0.417. The molecule has 1 aliphatic rings. The predicted octanol–water partition coefficient (Wildman–Crippen LogP) is 2.98. The normalized spacial score (nSPS) is 14.9. The monoisotopic (exact) mass is 495 g/mol. The molecule has 1 saturated heterocycles. The zero-order chi connectivity index (χ0) is 25.6. The van der Waals surface area contributed by atoms with E-state index in [4.69, 9.17) is 19.9 Å². The second kappa shape index (κ2) is 11.3. The number of rotatable bonds is 9. The number of methoxy groups -OCH3 is 2. The Morgan fingerprint density at radius 1 is 1.09 bits per heavy atom. The Balaban J connectivity index is 1.59. The first-order valence-corrected chi connectivity index (χ1v) is 11.0. The van der Waals surface area contributed by atoms with Gasteiger partial charge in [-0.2, -0.15) is 13.2 Å². The molecule has 3 rings (SSSR count). The van der Waals surface area contributed by atoms with Crippen LogP contribution in [0.2, 0.25) is 0 Å². The van der Waals surface area contributed by atoms with Gasteiger partial charge in [-0.25, -0.2) is 0 Å². The Hall–Kier alpha value is -3.47. The van der Waals surface area contributed by atoms with Crippen LogP contribution in [0.15, 0.2) is 36.4 Å². The minimum Gasteiger partial charge on any atom is -0.493 e. The van der Waals surface area contributed by atoms with Crippen LogP contribution in [-0.4, -0.2) is 56.7 Å². The lowest BCUT2D eigenvalue weighted by Gasteiger charge is -2.32. The van der Waals surface area contributed by atoms with Crippen LogP contribution in [0.4, 0.5) is 13.2 Å². The molecule has 2 aromatic rings. The van der Waals surface area contributed by atoms with Crippen LogP contribution in [0.25, 0.3) is 0 Å². The van der Waals surface area contributed by atoms with Crippen LogP contribution in [-0.2, 0) is 17.5 Å². The first-order chi connectivity index (χ1) is 16.6. The second-order valence-electron chi connectivity index (χ2n) is 8.19. The molecule has 1 fully saturated rings. The van der Waals surface area contributed by atoms with Gasteiger partial charge in [-0.3, -0.25) is 14.5 Å². The number of ether oxygens (including phenoxy) is 3. The number of nitrogens with two attached hydrogens (primary N) is 1. The van der Waals surface area contributed by atoms with Gasteiger partial charge in [0, 0.05) is 31.2 Å². The molecule has 1 heterocycles. The number of hydrogen-bond donors (Lipinski definition) is 2. The number of likely N-dealkylation sites (tertiary alicyclic amines) is 1. The topological polar surface area (TPSA) is 103 Å². The third-order valence-electron chi connectivity index (χ3n) is 5.66. The Labute approximate surface area is 201 Å². The number of halogens is 3. The van der Waals surface area contributed by atoms with Gasteiger partial charge >= 0.3 is 6.18 Å². The van der Waals surface area contributed by atoms with Crippen LogP contribution in [0.5, 0.6) is 17.2 Å². The maximum absolute atomic E-state index is 13.0. The van der Waals surface area contributed by atoms with E-state index >= 15 is 0 Å². The first-order valence-electron chi connectivity index (χ1n) is 11.0. The van der Waals surface area contributed by atoms with Crippen LogP contribution in [0.3, 0.4) is 0 Å². The summed E-state index contributed by atoms with van der Waals surface area (Å²) in [6, 6.07) is 8.20. The summed E-state index contributed by atoms with van der Waals surface area (Å²) >= 11 is 0. The molecule has 2 amide bonds. The summed E-state index contributed by atoms with van der Waals surface area (Å²) in [6.07, 6.45) is -3.07. The maximum atomic E-state index is 13.0. The van der Waals surface area contributed by atoms with Crippen molar-refractivity contribution in [2.45, 2.75) is 31.6 Å². The van der Waals surface area contributed by atoms with Gasteiger partial charge in [0.2, 0.25) is 5.75 Å². The Kier molecular flexibility index (Phi) is 8.44. The van der Waals surface area contributed by atoms with Crippen molar-refractivity contribution < 1.29 is 37.0 Å². The highest BCUT2D eigenvalue weighted by molar-refractivity contribution is 5.95. The fourth-order valence-electron chi connectivity index (χ4n) is 3.90. The van der Waals surface area contributed by atoms with Gasteiger partial charge in [-0.15, -0.1) is 0 Å². The first kappa shape index (κ1) is 26.1. The quantitative estimate of drug-likeness (QED) is 0.555. The van der Waals surface area contributed by atoms with Gasteiger partial charge in [0.1, 0.15) is 0 Å². The highest BCUT2D eigenvalue weighted by atomic mass is 19.4. The number of primary amides is 1. The molecule has 3 N–H and O–H groups in total. The van der Waals surface area contributed by atoms with Crippen molar-refractivity contribution in [1.29, 1.82) is 0 Å². The van der Waals surface area contributed by atoms with Gasteiger partial charge in [-0.05, 0) is 36.6 Å². The van der Waals surface area contributed by atoms with E-state index in [1.54, 1.807) is 6.07 Å². The smallest absolute Gasteiger partial charge is 0.416 e. The standard InChI is InChI=1S/C24H28F3N3O5/c1-33-19-11-16(12-20(34-2)22(19)35-14-21(28)31)23(32)29-18-6-8-30(9-7-18)13-15-4-3-5-17(10-15)24(25,26)27/h3-5,10-12,18H,6-9,13-14H2,1-2H3,(H2,28,31)(H,29,32). The van der Waals surface area contributed by atoms with Crippen molar-refractivity contribution in [2.75, 3.05) is 33.9 Å². The van der Waals surface area contributed by atoms with Crippen LogP contribution < -0.4 is 25.3 Å². The van der Waals surface area contributed by atoms with Crippen molar-refractivity contribution in [3.8, 4) is 17.2 Å². The van der Waals surface area contributed by atoms with E-state index in [2.05, 4.69) is 10.2 Å². The molecular formula is C24H28F3N3O5. The number of nitrogens with one attached hydrogen (secondary N) is 1. The SMILES string of the molecule is COc1cc(C(=O)NC2CCN(Cc3cccc(C(F)(F)F)c3)CC2)cc(OC)c1OCC(N)=O. The van der Waals surface area contributed by atoms with Crippen molar-refractivity contribution in [2.24, 2.45) is 5.73 Å². The Bertz CT molecular complexity index is 1030. The average Bonchev–Trinajstić information content (AvgIpc) is 2.83. The van der Waals surface area contributed by atoms with E-state index in [9.17, 15) is 22.8 Å². The molecule has 0 bridgehead atoms. The van der Waals surface area contributed by atoms with Crippen molar-refractivity contribution in [3.05, 3.63) is 53.1 Å². The molecule has 35 heavy (non-hydrogen) atoms. The number of amides is 2. The Morgan fingerprint density at radius 2 is 1.71 bits per heavy atom. The van der Waals surface area contributed by atoms with Crippen LogP contribution in [0, 0.1) is 0 Å². The number of alkyl halides is 3. The molecule has 0 unspecified atom stereocenters. The molecule has 0 aliphatic carbocycles. The third-order valence-corrected chi connectivity index (χ3v) is 5.66. The third kappa shape index (κ3) is 7.01. The van der Waals surface area contributed by atoms with E-state index < -0.39 is 17.6 Å².